The summed E-state index contributed by atoms with van der Waals surface area (Å²) < 4.78 is 18.9. The Morgan fingerprint density at radius 1 is 1.23 bits per heavy atom. The second-order valence-electron chi connectivity index (χ2n) is 7.43. The summed E-state index contributed by atoms with van der Waals surface area (Å²) in [6, 6.07) is 4.40. The minimum absolute atomic E-state index is 0.0419. The van der Waals surface area contributed by atoms with Gasteiger partial charge in [-0.15, -0.1) is 0 Å². The van der Waals surface area contributed by atoms with Gasteiger partial charge in [0, 0.05) is 17.5 Å². The van der Waals surface area contributed by atoms with Crippen molar-refractivity contribution in [1.29, 1.82) is 0 Å². The van der Waals surface area contributed by atoms with E-state index in [-0.39, 0.29) is 23.5 Å². The SMILES string of the molecule is Cc1ccc(NC(=O)[C@H](C)OC(=O)C2C[C@H]3CCC[C@@H](C2)C3=O)cc1F. The molecule has 0 radical (unpaired) electrons. The lowest BCUT2D eigenvalue weighted by Crippen LogP contribution is -2.41. The van der Waals surface area contributed by atoms with Crippen molar-refractivity contribution < 1.29 is 23.5 Å². The number of nitrogens with one attached hydrogen (secondary N) is 1. The smallest absolute Gasteiger partial charge is 0.309 e. The van der Waals surface area contributed by atoms with Crippen LogP contribution in [0.25, 0.3) is 0 Å². The summed E-state index contributed by atoms with van der Waals surface area (Å²) in [6.45, 7) is 3.13. The third kappa shape index (κ3) is 3.94. The van der Waals surface area contributed by atoms with E-state index >= 15 is 0 Å². The highest BCUT2D eigenvalue weighted by Crippen LogP contribution is 2.40. The molecule has 0 heterocycles. The predicted octanol–water partition coefficient (Wildman–Crippen LogP) is 3.40. The first kappa shape index (κ1) is 18.5. The zero-order valence-corrected chi connectivity index (χ0v) is 15.1. The number of aryl methyl sites for hydroxylation is 1. The molecule has 3 rings (SSSR count). The van der Waals surface area contributed by atoms with E-state index in [0.29, 0.717) is 24.1 Å². The van der Waals surface area contributed by atoms with Crippen LogP contribution in [0.1, 0.15) is 44.6 Å². The monoisotopic (exact) mass is 361 g/mol. The Balaban J connectivity index is 1.56. The topological polar surface area (TPSA) is 72.5 Å². The van der Waals surface area contributed by atoms with Gasteiger partial charge in [0.1, 0.15) is 11.6 Å². The summed E-state index contributed by atoms with van der Waals surface area (Å²) in [5, 5.41) is 2.55. The Hall–Kier alpha value is -2.24. The lowest BCUT2D eigenvalue weighted by Gasteiger charge is -2.36. The molecule has 1 unspecified atom stereocenters. The maximum atomic E-state index is 13.6. The molecule has 1 amide bonds. The summed E-state index contributed by atoms with van der Waals surface area (Å²) in [5.74, 6) is -1.46. The van der Waals surface area contributed by atoms with Gasteiger partial charge in [0.05, 0.1) is 5.92 Å². The lowest BCUT2D eigenvalue weighted by molar-refractivity contribution is -0.161. The van der Waals surface area contributed by atoms with Gasteiger partial charge in [-0.05, 0) is 57.2 Å². The molecule has 0 saturated heterocycles. The van der Waals surface area contributed by atoms with E-state index in [1.54, 1.807) is 19.1 Å². The summed E-state index contributed by atoms with van der Waals surface area (Å²) in [6.07, 6.45) is 2.78. The molecule has 2 aliphatic carbocycles. The Bertz CT molecular complexity index is 717. The van der Waals surface area contributed by atoms with Crippen LogP contribution in [0.15, 0.2) is 18.2 Å². The molecular weight excluding hydrogens is 337 g/mol. The third-order valence-electron chi connectivity index (χ3n) is 5.48. The van der Waals surface area contributed by atoms with Crippen molar-refractivity contribution in [3.8, 4) is 0 Å². The van der Waals surface area contributed by atoms with E-state index in [2.05, 4.69) is 5.32 Å². The van der Waals surface area contributed by atoms with E-state index in [1.165, 1.54) is 13.0 Å². The highest BCUT2D eigenvalue weighted by atomic mass is 19.1. The highest BCUT2D eigenvalue weighted by molar-refractivity contribution is 5.95. The molecule has 0 aliphatic heterocycles. The second kappa shape index (κ2) is 7.56. The van der Waals surface area contributed by atoms with E-state index in [1.807, 2.05) is 0 Å². The number of hydrogen-bond acceptors (Lipinski definition) is 4. The van der Waals surface area contributed by atoms with Gasteiger partial charge in [-0.25, -0.2) is 4.39 Å². The van der Waals surface area contributed by atoms with Gasteiger partial charge in [0.2, 0.25) is 0 Å². The van der Waals surface area contributed by atoms with E-state index < -0.39 is 23.8 Å². The van der Waals surface area contributed by atoms with Crippen molar-refractivity contribution in [3.05, 3.63) is 29.6 Å². The van der Waals surface area contributed by atoms with Gasteiger partial charge in [0.15, 0.2) is 6.10 Å². The largest absolute Gasteiger partial charge is 0.452 e. The van der Waals surface area contributed by atoms with Crippen LogP contribution in [-0.4, -0.2) is 23.8 Å². The lowest BCUT2D eigenvalue weighted by atomic mass is 9.67. The molecule has 2 saturated carbocycles. The average molecular weight is 361 g/mol. The van der Waals surface area contributed by atoms with Crippen LogP contribution < -0.4 is 5.32 Å². The molecule has 1 N–H and O–H groups in total. The molecule has 1 aromatic rings. The Morgan fingerprint density at radius 2 is 1.88 bits per heavy atom. The summed E-state index contributed by atoms with van der Waals surface area (Å²) in [5.41, 5.74) is 0.804. The molecule has 2 aliphatic rings. The van der Waals surface area contributed by atoms with Gasteiger partial charge in [-0.2, -0.15) is 0 Å². The number of ketones is 1. The molecule has 0 aromatic heterocycles. The molecule has 1 aromatic carbocycles. The molecule has 4 atom stereocenters. The number of amides is 1. The van der Waals surface area contributed by atoms with Gasteiger partial charge in [-0.3, -0.25) is 14.4 Å². The maximum Gasteiger partial charge on any atom is 0.309 e. The average Bonchev–Trinajstić information content (AvgIpc) is 2.57. The zero-order valence-electron chi connectivity index (χ0n) is 15.1. The fraction of sp³-hybridized carbons (Fsp3) is 0.550. The van der Waals surface area contributed by atoms with E-state index in [4.69, 9.17) is 4.74 Å². The van der Waals surface area contributed by atoms with Crippen molar-refractivity contribution in [2.75, 3.05) is 5.32 Å². The van der Waals surface area contributed by atoms with Crippen LogP contribution in [0, 0.1) is 30.5 Å². The van der Waals surface area contributed by atoms with Crippen molar-refractivity contribution in [2.45, 2.75) is 52.1 Å². The van der Waals surface area contributed by atoms with Crippen molar-refractivity contribution in [2.24, 2.45) is 17.8 Å². The number of carbonyl (C=O) groups is 3. The highest BCUT2D eigenvalue weighted by Gasteiger charge is 2.42. The first-order valence-corrected chi connectivity index (χ1v) is 9.16. The van der Waals surface area contributed by atoms with E-state index in [9.17, 15) is 18.8 Å². The number of Topliss-reactive ketones (excluding diaryl/α,β-unsaturated/α-hetero) is 1. The number of halogens is 1. The van der Waals surface area contributed by atoms with Gasteiger partial charge in [-0.1, -0.05) is 12.5 Å². The molecule has 140 valence electrons. The number of benzene rings is 1. The number of esters is 1. The quantitative estimate of drug-likeness (QED) is 0.834. The number of ether oxygens (including phenoxy) is 1. The minimum Gasteiger partial charge on any atom is -0.452 e. The molecule has 26 heavy (non-hydrogen) atoms. The maximum absolute atomic E-state index is 13.6. The van der Waals surface area contributed by atoms with Gasteiger partial charge >= 0.3 is 5.97 Å². The van der Waals surface area contributed by atoms with Gasteiger partial charge in [0.25, 0.3) is 5.91 Å². The first-order valence-electron chi connectivity index (χ1n) is 9.16. The number of hydrogen-bond donors (Lipinski definition) is 1. The first-order chi connectivity index (χ1) is 12.3. The Morgan fingerprint density at radius 3 is 2.50 bits per heavy atom. The standard InChI is InChI=1S/C20H24FNO4/c1-11-6-7-16(10-17(11)21)22-19(24)12(2)26-20(25)15-8-13-4-3-5-14(9-15)18(13)23/h6-7,10,12-15H,3-5,8-9H2,1-2H3,(H,22,24)/t12-,13-,14+,15?/m0/s1. The minimum atomic E-state index is -0.982. The molecule has 5 nitrogen and oxygen atoms in total. The Labute approximate surface area is 152 Å². The fourth-order valence-electron chi connectivity index (χ4n) is 3.91. The summed E-state index contributed by atoms with van der Waals surface area (Å²) >= 11 is 0. The van der Waals surface area contributed by atoms with Crippen LogP contribution >= 0.6 is 0 Å². The third-order valence-corrected chi connectivity index (χ3v) is 5.48. The van der Waals surface area contributed by atoms with Crippen LogP contribution in [0.4, 0.5) is 10.1 Å². The molecule has 2 fully saturated rings. The normalized spacial score (nSPS) is 26.1. The molecule has 2 bridgehead atoms. The van der Waals surface area contributed by atoms with Crippen LogP contribution in [0.2, 0.25) is 0 Å². The predicted molar refractivity (Wildman–Crippen MR) is 93.9 cm³/mol. The summed E-state index contributed by atoms with van der Waals surface area (Å²) in [7, 11) is 0. The number of anilines is 1. The van der Waals surface area contributed by atoms with Crippen LogP contribution in [0.5, 0.6) is 0 Å². The molecule has 0 spiro atoms. The number of rotatable bonds is 4. The van der Waals surface area contributed by atoms with Crippen LogP contribution in [-0.2, 0) is 19.1 Å². The molecular formula is C20H24FNO4. The Kier molecular flexibility index (Phi) is 5.39. The number of fused-ring (bicyclic) bond motifs is 2. The van der Waals surface area contributed by atoms with Gasteiger partial charge < -0.3 is 10.1 Å². The number of carbonyl (C=O) groups excluding carboxylic acids is 3. The van der Waals surface area contributed by atoms with Crippen molar-refractivity contribution >= 4 is 23.3 Å². The summed E-state index contributed by atoms with van der Waals surface area (Å²) in [4.78, 5) is 36.8. The van der Waals surface area contributed by atoms with E-state index in [0.717, 1.165) is 19.3 Å². The van der Waals surface area contributed by atoms with Crippen LogP contribution in [0.3, 0.4) is 0 Å². The molecule has 6 heteroatoms. The fourth-order valence-corrected chi connectivity index (χ4v) is 3.91. The zero-order chi connectivity index (χ0) is 18.8. The van der Waals surface area contributed by atoms with Crippen molar-refractivity contribution in [3.63, 3.8) is 0 Å². The second-order valence-corrected chi connectivity index (χ2v) is 7.43. The van der Waals surface area contributed by atoms with Crippen molar-refractivity contribution in [1.82, 2.24) is 0 Å².